The highest BCUT2D eigenvalue weighted by Crippen LogP contribution is 2.29. The molecule has 4 amide bonds. The first-order valence-corrected chi connectivity index (χ1v) is 14.2. The third kappa shape index (κ3) is 8.01. The molecule has 4 atom stereocenters. The average molecular weight is 574 g/mol. The number of aliphatic hydroxyl groups is 1. The number of hydrogen-bond acceptors (Lipinski definition) is 8. The summed E-state index contributed by atoms with van der Waals surface area (Å²) in [6, 6.07) is 5.73. The molecule has 0 bridgehead atoms. The van der Waals surface area contributed by atoms with Crippen LogP contribution in [0.5, 0.6) is 0 Å². The van der Waals surface area contributed by atoms with E-state index in [1.165, 1.54) is 4.90 Å². The Morgan fingerprint density at radius 1 is 1.20 bits per heavy atom. The van der Waals surface area contributed by atoms with E-state index < -0.39 is 41.5 Å². The Bertz CT molecular complexity index is 1210. The topological polar surface area (TPSA) is 164 Å². The van der Waals surface area contributed by atoms with E-state index in [0.29, 0.717) is 0 Å². The Morgan fingerprint density at radius 2 is 1.88 bits per heavy atom. The summed E-state index contributed by atoms with van der Waals surface area (Å²) in [4.78, 5) is 57.1. The molecule has 1 aromatic carbocycles. The molecule has 2 aromatic rings. The van der Waals surface area contributed by atoms with Crippen LogP contribution in [0.25, 0.3) is 10.4 Å². The molecule has 218 valence electrons. The summed E-state index contributed by atoms with van der Waals surface area (Å²) in [5.41, 5.74) is 8.98. The molecule has 2 heterocycles. The number of amides is 4. The van der Waals surface area contributed by atoms with Gasteiger partial charge in [-0.15, -0.1) is 11.3 Å². The highest BCUT2D eigenvalue weighted by Gasteiger charge is 2.44. The number of aromatic nitrogens is 1. The van der Waals surface area contributed by atoms with Crippen LogP contribution < -0.4 is 16.4 Å². The van der Waals surface area contributed by atoms with E-state index in [-0.39, 0.29) is 44.4 Å². The average Bonchev–Trinajstić information content (AvgIpc) is 3.49. The van der Waals surface area contributed by atoms with Gasteiger partial charge < -0.3 is 31.1 Å². The molecule has 0 saturated carbocycles. The summed E-state index contributed by atoms with van der Waals surface area (Å²) in [7, 11) is 0. The van der Waals surface area contributed by atoms with Gasteiger partial charge in [-0.1, -0.05) is 45.0 Å². The van der Waals surface area contributed by atoms with Gasteiger partial charge in [0.2, 0.25) is 17.7 Å². The second kappa shape index (κ2) is 13.2. The molecule has 0 spiro atoms. The molecule has 2 unspecified atom stereocenters. The molecule has 1 aromatic heterocycles. The molecular weight excluding hydrogens is 534 g/mol. The molecular formula is C28H39N5O6S. The number of nitrogens with two attached hydrogens (primary N) is 1. The fourth-order valence-corrected chi connectivity index (χ4v) is 5.47. The van der Waals surface area contributed by atoms with Gasteiger partial charge in [0.25, 0.3) is 0 Å². The summed E-state index contributed by atoms with van der Waals surface area (Å²) in [6.07, 6.45) is -1.41. The first kappa shape index (κ1) is 31.0. The number of carbonyl (C=O) groups excluding carboxylic acids is 4. The predicted octanol–water partition coefficient (Wildman–Crippen LogP) is 2.66. The van der Waals surface area contributed by atoms with Crippen molar-refractivity contribution < 1.29 is 29.0 Å². The van der Waals surface area contributed by atoms with Gasteiger partial charge in [-0.05, 0) is 36.8 Å². The highest BCUT2D eigenvalue weighted by atomic mass is 32.1. The predicted molar refractivity (Wildman–Crippen MR) is 151 cm³/mol. The Balaban J connectivity index is 1.67. The van der Waals surface area contributed by atoms with E-state index in [9.17, 15) is 24.3 Å². The largest absolute Gasteiger partial charge is 0.450 e. The molecule has 0 radical (unpaired) electrons. The molecule has 11 nitrogen and oxygen atoms in total. The molecule has 0 aliphatic carbocycles. The Morgan fingerprint density at radius 3 is 2.45 bits per heavy atom. The number of carbonyl (C=O) groups is 4. The molecule has 1 fully saturated rings. The second-order valence-electron chi connectivity index (χ2n) is 11.2. The molecule has 3 rings (SSSR count). The number of nitrogens with zero attached hydrogens (tertiary/aromatic N) is 2. The third-order valence-electron chi connectivity index (χ3n) is 6.85. The fourth-order valence-electron chi connectivity index (χ4n) is 4.65. The smallest absolute Gasteiger partial charge is 0.404 e. The number of primary amides is 1. The minimum absolute atomic E-state index is 0.0107. The third-order valence-corrected chi connectivity index (χ3v) is 7.83. The molecule has 1 aliphatic heterocycles. The van der Waals surface area contributed by atoms with Gasteiger partial charge in [-0.2, -0.15) is 0 Å². The van der Waals surface area contributed by atoms with Gasteiger partial charge in [-0.3, -0.25) is 14.4 Å². The van der Waals surface area contributed by atoms with Crippen LogP contribution in [0.15, 0.2) is 29.8 Å². The SMILES string of the molecule is Cc1ncsc1-c1ccc(C(C)NC(=O)[C@@H]2C[C@@H](O)CN2C(=O)C(NC(=O)CCCOC(N)=O)C(C)(C)C)cc1. The minimum atomic E-state index is -0.933. The Labute approximate surface area is 238 Å². The fraction of sp³-hybridized carbons (Fsp3) is 0.536. The molecule has 1 aliphatic rings. The second-order valence-corrected chi connectivity index (χ2v) is 12.0. The van der Waals surface area contributed by atoms with Gasteiger partial charge in [0.1, 0.15) is 12.1 Å². The summed E-state index contributed by atoms with van der Waals surface area (Å²) >= 11 is 1.57. The van der Waals surface area contributed by atoms with Crippen molar-refractivity contribution in [2.75, 3.05) is 13.2 Å². The monoisotopic (exact) mass is 573 g/mol. The van der Waals surface area contributed by atoms with Crippen LogP contribution in [0.1, 0.15) is 64.3 Å². The van der Waals surface area contributed by atoms with Gasteiger partial charge in [0, 0.05) is 19.4 Å². The molecule has 12 heteroatoms. The number of β-amino-alcohol motifs (C(OH)–C–C–N with tert-alkyl or cyclic N) is 1. The Hall–Kier alpha value is -3.51. The lowest BCUT2D eigenvalue weighted by molar-refractivity contribution is -0.144. The highest BCUT2D eigenvalue weighted by molar-refractivity contribution is 7.13. The van der Waals surface area contributed by atoms with Crippen molar-refractivity contribution in [3.63, 3.8) is 0 Å². The summed E-state index contributed by atoms with van der Waals surface area (Å²) in [5, 5.41) is 16.1. The zero-order valence-corrected chi connectivity index (χ0v) is 24.4. The van der Waals surface area contributed by atoms with Crippen LogP contribution in [-0.2, 0) is 19.1 Å². The number of thiazole rings is 1. The normalized spacial score (nSPS) is 18.6. The van der Waals surface area contributed by atoms with Crippen molar-refractivity contribution in [1.82, 2.24) is 20.5 Å². The molecule has 40 heavy (non-hydrogen) atoms. The lowest BCUT2D eigenvalue weighted by atomic mass is 9.85. The number of likely N-dealkylation sites (tertiary alicyclic amines) is 1. The van der Waals surface area contributed by atoms with Gasteiger partial charge in [0.15, 0.2) is 0 Å². The van der Waals surface area contributed by atoms with Gasteiger partial charge in [-0.25, -0.2) is 9.78 Å². The zero-order chi connectivity index (χ0) is 29.6. The summed E-state index contributed by atoms with van der Waals surface area (Å²) in [6.45, 7) is 9.24. The lowest BCUT2D eigenvalue weighted by Gasteiger charge is -2.35. The number of hydrogen-bond donors (Lipinski definition) is 4. The van der Waals surface area contributed by atoms with Crippen LogP contribution in [-0.4, -0.2) is 70.1 Å². The number of aliphatic hydroxyl groups excluding tert-OH is 1. The first-order chi connectivity index (χ1) is 18.8. The van der Waals surface area contributed by atoms with Crippen molar-refractivity contribution in [3.05, 3.63) is 41.0 Å². The van der Waals surface area contributed by atoms with Crippen molar-refractivity contribution in [3.8, 4) is 10.4 Å². The van der Waals surface area contributed by atoms with E-state index in [4.69, 9.17) is 5.73 Å². The maximum Gasteiger partial charge on any atom is 0.404 e. The minimum Gasteiger partial charge on any atom is -0.450 e. The zero-order valence-electron chi connectivity index (χ0n) is 23.6. The van der Waals surface area contributed by atoms with E-state index in [0.717, 1.165) is 21.7 Å². The number of benzene rings is 1. The van der Waals surface area contributed by atoms with Crippen molar-refractivity contribution in [2.24, 2.45) is 11.1 Å². The number of aryl methyl sites for hydroxylation is 1. The maximum absolute atomic E-state index is 13.7. The van der Waals surface area contributed by atoms with E-state index in [2.05, 4.69) is 20.4 Å². The number of rotatable bonds is 10. The van der Waals surface area contributed by atoms with E-state index >= 15 is 0 Å². The molecule has 5 N–H and O–H groups in total. The van der Waals surface area contributed by atoms with E-state index in [1.807, 2.05) is 64.4 Å². The van der Waals surface area contributed by atoms with Gasteiger partial charge >= 0.3 is 6.09 Å². The van der Waals surface area contributed by atoms with Crippen LogP contribution >= 0.6 is 11.3 Å². The Kier molecular flexibility index (Phi) is 10.3. The summed E-state index contributed by atoms with van der Waals surface area (Å²) in [5.74, 6) is -1.21. The van der Waals surface area contributed by atoms with Crippen LogP contribution in [0, 0.1) is 12.3 Å². The summed E-state index contributed by atoms with van der Waals surface area (Å²) < 4.78 is 4.65. The van der Waals surface area contributed by atoms with Crippen LogP contribution in [0.2, 0.25) is 0 Å². The van der Waals surface area contributed by atoms with Crippen LogP contribution in [0.3, 0.4) is 0 Å². The number of ether oxygens (including phenoxy) is 1. The van der Waals surface area contributed by atoms with Crippen LogP contribution in [0.4, 0.5) is 4.79 Å². The maximum atomic E-state index is 13.7. The van der Waals surface area contributed by atoms with Crippen molar-refractivity contribution in [2.45, 2.75) is 78.1 Å². The quantitative estimate of drug-likeness (QED) is 0.317. The van der Waals surface area contributed by atoms with Crippen molar-refractivity contribution in [1.29, 1.82) is 0 Å². The molecule has 1 saturated heterocycles. The first-order valence-electron chi connectivity index (χ1n) is 13.3. The van der Waals surface area contributed by atoms with Gasteiger partial charge in [0.05, 0.1) is 34.8 Å². The van der Waals surface area contributed by atoms with Crippen molar-refractivity contribution >= 4 is 35.2 Å². The van der Waals surface area contributed by atoms with E-state index in [1.54, 1.807) is 11.3 Å². The number of nitrogens with one attached hydrogen (secondary N) is 2. The standard InChI is InChI=1S/C28H39N5O6S/c1-16(18-8-10-19(11-9-18)23-17(2)30-15-40-23)31-25(36)21-13-20(34)14-33(21)26(37)24(28(3,4)5)32-22(35)7-6-12-39-27(29)38/h8-11,15-16,20-21,24,34H,6-7,12-14H2,1-5H3,(H2,29,38)(H,31,36)(H,32,35)/t16?,20-,21+,24?/m1/s1. The lowest BCUT2D eigenvalue weighted by Crippen LogP contribution is -2.57.